The predicted molar refractivity (Wildman–Crippen MR) is 104 cm³/mol. The fourth-order valence-electron chi connectivity index (χ4n) is 2.16. The number of esters is 1. The maximum atomic E-state index is 11.9. The van der Waals surface area contributed by atoms with E-state index in [2.05, 4.69) is 5.32 Å². The maximum absolute atomic E-state index is 11.9. The second-order valence-corrected chi connectivity index (χ2v) is 5.79. The van der Waals surface area contributed by atoms with Crippen LogP contribution in [0.15, 0.2) is 48.5 Å². The molecular formula is C19H17ClN2O6. The second kappa shape index (κ2) is 10.1. The molecule has 0 radical (unpaired) electrons. The van der Waals surface area contributed by atoms with Crippen molar-refractivity contribution in [3.8, 4) is 5.75 Å². The van der Waals surface area contributed by atoms with Gasteiger partial charge in [0.05, 0.1) is 17.2 Å². The van der Waals surface area contributed by atoms with Crippen molar-refractivity contribution in [2.45, 2.75) is 6.92 Å². The van der Waals surface area contributed by atoms with Crippen LogP contribution in [-0.4, -0.2) is 30.0 Å². The zero-order chi connectivity index (χ0) is 20.5. The van der Waals surface area contributed by atoms with E-state index in [9.17, 15) is 19.7 Å². The summed E-state index contributed by atoms with van der Waals surface area (Å²) in [6.45, 7) is 1.77. The van der Waals surface area contributed by atoms with Crippen LogP contribution >= 0.6 is 11.6 Å². The first-order chi connectivity index (χ1) is 13.4. The molecule has 0 unspecified atom stereocenters. The van der Waals surface area contributed by atoms with E-state index < -0.39 is 23.4 Å². The summed E-state index contributed by atoms with van der Waals surface area (Å²) >= 11 is 5.73. The lowest BCUT2D eigenvalue weighted by molar-refractivity contribution is -0.384. The normalized spacial score (nSPS) is 10.5. The minimum Gasteiger partial charge on any atom is -0.492 e. The van der Waals surface area contributed by atoms with Crippen LogP contribution < -0.4 is 10.1 Å². The second-order valence-electron chi connectivity index (χ2n) is 5.39. The van der Waals surface area contributed by atoms with Gasteiger partial charge in [0.15, 0.2) is 6.61 Å². The predicted octanol–water partition coefficient (Wildman–Crippen LogP) is 3.84. The molecule has 0 atom stereocenters. The lowest BCUT2D eigenvalue weighted by Gasteiger charge is -2.11. The number of anilines is 1. The highest BCUT2D eigenvalue weighted by Gasteiger charge is 2.12. The molecule has 0 aromatic heterocycles. The molecule has 146 valence electrons. The molecule has 2 aromatic rings. The molecule has 2 aromatic carbocycles. The Bertz CT molecular complexity index is 913. The minimum absolute atomic E-state index is 0.00580. The third-order valence-corrected chi connectivity index (χ3v) is 3.70. The molecule has 0 spiro atoms. The highest BCUT2D eigenvalue weighted by atomic mass is 35.5. The number of nitrogens with zero attached hydrogens (tertiary/aromatic N) is 1. The topological polar surface area (TPSA) is 108 Å². The Kier molecular flexibility index (Phi) is 7.53. The number of benzene rings is 2. The van der Waals surface area contributed by atoms with Crippen LogP contribution in [0.2, 0.25) is 5.02 Å². The van der Waals surface area contributed by atoms with Crippen molar-refractivity contribution >= 4 is 40.9 Å². The Balaban J connectivity index is 1.90. The smallest absolute Gasteiger partial charge is 0.331 e. The van der Waals surface area contributed by atoms with E-state index in [0.717, 1.165) is 6.08 Å². The highest BCUT2D eigenvalue weighted by molar-refractivity contribution is 6.32. The molecule has 8 nitrogen and oxygen atoms in total. The molecule has 0 aliphatic carbocycles. The van der Waals surface area contributed by atoms with E-state index in [1.54, 1.807) is 24.3 Å². The first-order valence-corrected chi connectivity index (χ1v) is 8.59. The fraction of sp³-hybridized carbons (Fsp3) is 0.158. The lowest BCUT2D eigenvalue weighted by Crippen LogP contribution is -2.20. The standard InChI is InChI=1S/C19H17ClN2O6/c1-2-27-17-6-4-3-5-15(17)21-18(23)12-28-19(24)10-8-13-7-9-14(20)16(11-13)22(25)26/h3-11H,2,12H2,1H3,(H,21,23)/b10-8+. The molecule has 0 aliphatic heterocycles. The molecule has 1 amide bonds. The Morgan fingerprint density at radius 3 is 2.71 bits per heavy atom. The minimum atomic E-state index is -0.772. The maximum Gasteiger partial charge on any atom is 0.331 e. The summed E-state index contributed by atoms with van der Waals surface area (Å²) < 4.78 is 10.3. The van der Waals surface area contributed by atoms with Crippen LogP contribution in [0.4, 0.5) is 11.4 Å². The van der Waals surface area contributed by atoms with Gasteiger partial charge < -0.3 is 14.8 Å². The summed E-state index contributed by atoms with van der Waals surface area (Å²) in [5, 5.41) is 13.4. The average Bonchev–Trinajstić information content (AvgIpc) is 2.67. The number of rotatable bonds is 8. The van der Waals surface area contributed by atoms with Crippen molar-refractivity contribution in [2.75, 3.05) is 18.5 Å². The summed E-state index contributed by atoms with van der Waals surface area (Å²) in [6.07, 6.45) is 2.39. The molecule has 0 bridgehead atoms. The van der Waals surface area contributed by atoms with Gasteiger partial charge in [0, 0.05) is 12.1 Å². The van der Waals surface area contributed by atoms with Gasteiger partial charge in [-0.05, 0) is 36.8 Å². The summed E-state index contributed by atoms with van der Waals surface area (Å²) in [6, 6.07) is 11.0. The Morgan fingerprint density at radius 1 is 1.25 bits per heavy atom. The van der Waals surface area contributed by atoms with Gasteiger partial charge >= 0.3 is 5.97 Å². The van der Waals surface area contributed by atoms with Crippen LogP contribution in [0.25, 0.3) is 6.08 Å². The quantitative estimate of drug-likeness (QED) is 0.310. The summed E-state index contributed by atoms with van der Waals surface area (Å²) in [5.74, 6) is -0.796. The highest BCUT2D eigenvalue weighted by Crippen LogP contribution is 2.25. The summed E-state index contributed by atoms with van der Waals surface area (Å²) in [7, 11) is 0. The van der Waals surface area contributed by atoms with Crippen LogP contribution in [0.1, 0.15) is 12.5 Å². The van der Waals surface area contributed by atoms with E-state index in [-0.39, 0.29) is 10.7 Å². The van der Waals surface area contributed by atoms with Crippen molar-refractivity contribution in [2.24, 2.45) is 0 Å². The molecule has 0 saturated carbocycles. The molecule has 2 rings (SSSR count). The van der Waals surface area contributed by atoms with E-state index >= 15 is 0 Å². The molecule has 0 saturated heterocycles. The number of carbonyl (C=O) groups excluding carboxylic acids is 2. The fourth-order valence-corrected chi connectivity index (χ4v) is 2.35. The first kappa shape index (κ1) is 20.9. The van der Waals surface area contributed by atoms with Crippen LogP contribution in [0, 0.1) is 10.1 Å². The van der Waals surface area contributed by atoms with Gasteiger partial charge in [-0.25, -0.2) is 4.79 Å². The van der Waals surface area contributed by atoms with E-state index in [4.69, 9.17) is 21.1 Å². The number of amides is 1. The average molecular weight is 405 g/mol. The Hall–Kier alpha value is -3.39. The number of halogens is 1. The monoisotopic (exact) mass is 404 g/mol. The number of ether oxygens (including phenoxy) is 2. The summed E-state index contributed by atoms with van der Waals surface area (Å²) in [4.78, 5) is 33.9. The van der Waals surface area contributed by atoms with Crippen molar-refractivity contribution in [3.63, 3.8) is 0 Å². The molecule has 28 heavy (non-hydrogen) atoms. The lowest BCUT2D eigenvalue weighted by atomic mass is 10.2. The Morgan fingerprint density at radius 2 is 2.00 bits per heavy atom. The molecular weight excluding hydrogens is 388 g/mol. The zero-order valence-corrected chi connectivity index (χ0v) is 15.6. The van der Waals surface area contributed by atoms with Crippen molar-refractivity contribution in [3.05, 3.63) is 69.2 Å². The number of nitrogens with one attached hydrogen (secondary N) is 1. The van der Waals surface area contributed by atoms with Crippen LogP contribution in [-0.2, 0) is 14.3 Å². The number of nitro groups is 1. The third-order valence-electron chi connectivity index (χ3n) is 3.39. The van der Waals surface area contributed by atoms with Gasteiger partial charge in [-0.15, -0.1) is 0 Å². The number of para-hydroxylation sites is 2. The van der Waals surface area contributed by atoms with E-state index in [1.165, 1.54) is 24.3 Å². The number of carbonyl (C=O) groups is 2. The first-order valence-electron chi connectivity index (χ1n) is 8.21. The van der Waals surface area contributed by atoms with Gasteiger partial charge in [0.2, 0.25) is 0 Å². The van der Waals surface area contributed by atoms with Gasteiger partial charge in [0.25, 0.3) is 11.6 Å². The van der Waals surface area contributed by atoms with E-state index in [0.29, 0.717) is 23.6 Å². The number of hydrogen-bond donors (Lipinski definition) is 1. The number of nitro benzene ring substituents is 1. The zero-order valence-electron chi connectivity index (χ0n) is 14.9. The Labute approximate surface area is 165 Å². The van der Waals surface area contributed by atoms with Gasteiger partial charge in [-0.2, -0.15) is 0 Å². The van der Waals surface area contributed by atoms with Crippen LogP contribution in [0.3, 0.4) is 0 Å². The van der Waals surface area contributed by atoms with Crippen molar-refractivity contribution in [1.82, 2.24) is 0 Å². The molecule has 0 fully saturated rings. The SMILES string of the molecule is CCOc1ccccc1NC(=O)COC(=O)/C=C/c1ccc(Cl)c([N+](=O)[O-])c1. The third kappa shape index (κ3) is 6.10. The molecule has 0 heterocycles. The molecule has 0 aliphatic rings. The van der Waals surface area contributed by atoms with Gasteiger partial charge in [0.1, 0.15) is 10.8 Å². The van der Waals surface area contributed by atoms with Crippen LogP contribution in [0.5, 0.6) is 5.75 Å². The molecule has 1 N–H and O–H groups in total. The summed E-state index contributed by atoms with van der Waals surface area (Å²) in [5.41, 5.74) is 0.585. The van der Waals surface area contributed by atoms with Gasteiger partial charge in [-0.1, -0.05) is 29.8 Å². The largest absolute Gasteiger partial charge is 0.492 e. The molecule has 9 heteroatoms. The van der Waals surface area contributed by atoms with Crippen molar-refractivity contribution in [1.29, 1.82) is 0 Å². The van der Waals surface area contributed by atoms with Gasteiger partial charge in [-0.3, -0.25) is 14.9 Å². The van der Waals surface area contributed by atoms with E-state index in [1.807, 2.05) is 6.92 Å². The van der Waals surface area contributed by atoms with Crippen molar-refractivity contribution < 1.29 is 24.0 Å². The number of hydrogen-bond acceptors (Lipinski definition) is 6.